The fraction of sp³-hybridized carbons (Fsp3) is 0.800. The van der Waals surface area contributed by atoms with E-state index >= 15 is 0 Å². The molecule has 0 radical (unpaired) electrons. The van der Waals surface area contributed by atoms with Crippen molar-refractivity contribution in [1.29, 1.82) is 0 Å². The molecule has 3 heteroatoms. The summed E-state index contributed by atoms with van der Waals surface area (Å²) in [6, 6.07) is 0. The summed E-state index contributed by atoms with van der Waals surface area (Å²) in [6.07, 6.45) is 1.67. The Balaban J connectivity index is 2.69. The van der Waals surface area contributed by atoms with Crippen molar-refractivity contribution in [2.45, 2.75) is 38.3 Å². The van der Waals surface area contributed by atoms with E-state index in [4.69, 9.17) is 14.2 Å². The summed E-state index contributed by atoms with van der Waals surface area (Å²) in [4.78, 5) is 0. The molecule has 1 saturated heterocycles. The van der Waals surface area contributed by atoms with Gasteiger partial charge in [0.05, 0.1) is 6.61 Å². The van der Waals surface area contributed by atoms with E-state index in [2.05, 4.69) is 6.58 Å². The van der Waals surface area contributed by atoms with E-state index in [0.717, 1.165) is 0 Å². The lowest BCUT2D eigenvalue weighted by Crippen LogP contribution is -2.41. The Hall–Kier alpha value is -0.380. The van der Waals surface area contributed by atoms with Crippen LogP contribution >= 0.6 is 0 Å². The highest BCUT2D eigenvalue weighted by atomic mass is 16.7. The van der Waals surface area contributed by atoms with Crippen molar-refractivity contribution >= 4 is 0 Å². The summed E-state index contributed by atoms with van der Waals surface area (Å²) in [6.45, 7) is 10.0. The molecule has 1 fully saturated rings. The maximum absolute atomic E-state index is 5.68. The van der Waals surface area contributed by atoms with Crippen LogP contribution in [-0.2, 0) is 14.2 Å². The van der Waals surface area contributed by atoms with Crippen LogP contribution in [0.4, 0.5) is 0 Å². The summed E-state index contributed by atoms with van der Waals surface area (Å²) in [5.74, 6) is -0.506. The van der Waals surface area contributed by atoms with Gasteiger partial charge < -0.3 is 14.2 Å². The molecule has 0 aromatic rings. The second-order valence-electron chi connectivity index (χ2n) is 3.91. The van der Waals surface area contributed by atoms with Crippen LogP contribution in [0, 0.1) is 0 Å². The summed E-state index contributed by atoms with van der Waals surface area (Å²) in [7, 11) is 1.65. The van der Waals surface area contributed by atoms with Gasteiger partial charge in [-0.25, -0.2) is 0 Å². The maximum Gasteiger partial charge on any atom is 0.163 e. The number of hydrogen-bond donors (Lipinski definition) is 0. The third-order valence-corrected chi connectivity index (χ3v) is 2.49. The lowest BCUT2D eigenvalue weighted by molar-refractivity contribution is -0.163. The smallest absolute Gasteiger partial charge is 0.163 e. The zero-order valence-corrected chi connectivity index (χ0v) is 8.79. The molecule has 0 amide bonds. The Morgan fingerprint density at radius 3 is 2.54 bits per heavy atom. The number of ether oxygens (including phenoxy) is 3. The van der Waals surface area contributed by atoms with Gasteiger partial charge in [-0.2, -0.15) is 0 Å². The lowest BCUT2D eigenvalue weighted by Gasteiger charge is -2.30. The van der Waals surface area contributed by atoms with Crippen LogP contribution in [0.5, 0.6) is 0 Å². The Morgan fingerprint density at radius 2 is 2.23 bits per heavy atom. The SMILES string of the molecule is C=C[C@@](C)(OC)[C@H]1COC(C)(C)O1. The zero-order valence-electron chi connectivity index (χ0n) is 8.79. The predicted octanol–water partition coefficient (Wildman–Crippen LogP) is 1.73. The molecule has 0 aromatic heterocycles. The van der Waals surface area contributed by atoms with Gasteiger partial charge in [-0.1, -0.05) is 6.08 Å². The van der Waals surface area contributed by atoms with Crippen molar-refractivity contribution in [2.75, 3.05) is 13.7 Å². The molecule has 3 nitrogen and oxygen atoms in total. The van der Waals surface area contributed by atoms with Gasteiger partial charge in [-0.05, 0) is 20.8 Å². The van der Waals surface area contributed by atoms with Gasteiger partial charge in [0.1, 0.15) is 11.7 Å². The molecular weight excluding hydrogens is 168 g/mol. The fourth-order valence-corrected chi connectivity index (χ4v) is 1.32. The minimum atomic E-state index is -0.506. The summed E-state index contributed by atoms with van der Waals surface area (Å²) < 4.78 is 16.5. The van der Waals surface area contributed by atoms with Gasteiger partial charge in [0, 0.05) is 7.11 Å². The quantitative estimate of drug-likeness (QED) is 0.628. The van der Waals surface area contributed by atoms with Gasteiger partial charge in [-0.15, -0.1) is 6.58 Å². The molecule has 0 N–H and O–H groups in total. The first-order valence-electron chi connectivity index (χ1n) is 4.44. The molecule has 0 bridgehead atoms. The van der Waals surface area contributed by atoms with Crippen molar-refractivity contribution in [3.63, 3.8) is 0 Å². The van der Waals surface area contributed by atoms with Gasteiger partial charge in [0.25, 0.3) is 0 Å². The van der Waals surface area contributed by atoms with Crippen LogP contribution in [0.2, 0.25) is 0 Å². The Kier molecular flexibility index (Phi) is 2.80. The average Bonchev–Trinajstić information content (AvgIpc) is 2.45. The zero-order chi connectivity index (χ0) is 10.1. The largest absolute Gasteiger partial charge is 0.372 e. The average molecular weight is 186 g/mol. The second kappa shape index (κ2) is 3.40. The molecule has 1 rings (SSSR count). The van der Waals surface area contributed by atoms with E-state index in [0.29, 0.717) is 6.61 Å². The molecule has 1 heterocycles. The first kappa shape index (κ1) is 10.7. The monoisotopic (exact) mass is 186 g/mol. The van der Waals surface area contributed by atoms with Crippen LogP contribution in [0.1, 0.15) is 20.8 Å². The van der Waals surface area contributed by atoms with Crippen LogP contribution in [0.15, 0.2) is 12.7 Å². The third kappa shape index (κ3) is 2.10. The minimum Gasteiger partial charge on any atom is -0.372 e. The van der Waals surface area contributed by atoms with E-state index in [1.54, 1.807) is 13.2 Å². The van der Waals surface area contributed by atoms with Crippen LogP contribution < -0.4 is 0 Å². The van der Waals surface area contributed by atoms with Crippen molar-refractivity contribution < 1.29 is 14.2 Å². The highest BCUT2D eigenvalue weighted by Crippen LogP contribution is 2.31. The molecule has 1 aliphatic rings. The molecule has 0 saturated carbocycles. The van der Waals surface area contributed by atoms with Gasteiger partial charge in [-0.3, -0.25) is 0 Å². The van der Waals surface area contributed by atoms with Gasteiger partial charge in [0.15, 0.2) is 5.79 Å². The molecule has 13 heavy (non-hydrogen) atoms. The standard InChI is InChI=1S/C10H18O3/c1-6-10(4,11-5)8-7-12-9(2,3)13-8/h6,8H,1,7H2,2-5H3/t8-,10-/m1/s1. The number of methoxy groups -OCH3 is 1. The Bertz CT molecular complexity index is 200. The van der Waals surface area contributed by atoms with Crippen molar-refractivity contribution in [3.05, 3.63) is 12.7 Å². The summed E-state index contributed by atoms with van der Waals surface area (Å²) in [5, 5.41) is 0. The Morgan fingerprint density at radius 1 is 1.62 bits per heavy atom. The molecular formula is C10H18O3. The third-order valence-electron chi connectivity index (χ3n) is 2.49. The molecule has 0 aromatic carbocycles. The second-order valence-corrected chi connectivity index (χ2v) is 3.91. The van der Waals surface area contributed by atoms with E-state index < -0.39 is 11.4 Å². The van der Waals surface area contributed by atoms with Crippen molar-refractivity contribution in [3.8, 4) is 0 Å². The molecule has 2 atom stereocenters. The van der Waals surface area contributed by atoms with Crippen molar-refractivity contribution in [1.82, 2.24) is 0 Å². The van der Waals surface area contributed by atoms with Gasteiger partial charge in [0.2, 0.25) is 0 Å². The first-order valence-corrected chi connectivity index (χ1v) is 4.44. The lowest BCUT2D eigenvalue weighted by atomic mass is 10.00. The fourth-order valence-electron chi connectivity index (χ4n) is 1.32. The predicted molar refractivity (Wildman–Crippen MR) is 50.5 cm³/mol. The molecule has 0 unspecified atom stereocenters. The molecule has 1 aliphatic heterocycles. The molecule has 0 aliphatic carbocycles. The number of hydrogen-bond acceptors (Lipinski definition) is 3. The maximum atomic E-state index is 5.68. The van der Waals surface area contributed by atoms with Crippen LogP contribution in [-0.4, -0.2) is 31.2 Å². The summed E-state index contributed by atoms with van der Waals surface area (Å²) >= 11 is 0. The van der Waals surface area contributed by atoms with Crippen molar-refractivity contribution in [2.24, 2.45) is 0 Å². The van der Waals surface area contributed by atoms with Crippen LogP contribution in [0.3, 0.4) is 0 Å². The minimum absolute atomic E-state index is 0.0787. The highest BCUT2D eigenvalue weighted by molar-refractivity contribution is 5.01. The summed E-state index contributed by atoms with van der Waals surface area (Å²) in [5.41, 5.74) is -0.465. The molecule has 0 spiro atoms. The normalized spacial score (nSPS) is 31.2. The topological polar surface area (TPSA) is 27.7 Å². The number of rotatable bonds is 3. The van der Waals surface area contributed by atoms with E-state index in [1.807, 2.05) is 20.8 Å². The highest BCUT2D eigenvalue weighted by Gasteiger charge is 2.42. The molecule has 76 valence electrons. The van der Waals surface area contributed by atoms with E-state index in [1.165, 1.54) is 0 Å². The Labute approximate surface area is 79.7 Å². The van der Waals surface area contributed by atoms with E-state index in [-0.39, 0.29) is 6.10 Å². The van der Waals surface area contributed by atoms with Crippen LogP contribution in [0.25, 0.3) is 0 Å². The first-order chi connectivity index (χ1) is 5.93. The van der Waals surface area contributed by atoms with Gasteiger partial charge >= 0.3 is 0 Å². The van der Waals surface area contributed by atoms with E-state index in [9.17, 15) is 0 Å².